The lowest BCUT2D eigenvalue weighted by Gasteiger charge is -1.97. The van der Waals surface area contributed by atoms with Crippen molar-refractivity contribution in [2.24, 2.45) is 0 Å². The Bertz CT molecular complexity index is 453. The first-order chi connectivity index (χ1) is 7.16. The van der Waals surface area contributed by atoms with E-state index in [4.69, 9.17) is 0 Å². The van der Waals surface area contributed by atoms with Crippen LogP contribution in [0.15, 0.2) is 18.5 Å². The van der Waals surface area contributed by atoms with Crippen molar-refractivity contribution >= 4 is 22.9 Å². The zero-order chi connectivity index (χ0) is 10.8. The van der Waals surface area contributed by atoms with E-state index in [-0.39, 0.29) is 5.91 Å². The largest absolute Gasteiger partial charge is 0.319 e. The topological polar surface area (TPSA) is 57.8 Å². The van der Waals surface area contributed by atoms with E-state index < -0.39 is 0 Å². The van der Waals surface area contributed by atoms with Gasteiger partial charge in [0.05, 0.1) is 16.8 Å². The van der Waals surface area contributed by atoms with Gasteiger partial charge >= 0.3 is 0 Å². The smallest absolute Gasteiger partial charge is 0.265 e. The lowest BCUT2D eigenvalue weighted by molar-refractivity contribution is 0.103. The molecule has 2 aromatic heterocycles. The van der Waals surface area contributed by atoms with Gasteiger partial charge in [0.25, 0.3) is 5.91 Å². The molecule has 0 unspecified atom stereocenters. The van der Waals surface area contributed by atoms with E-state index in [1.807, 2.05) is 19.9 Å². The Morgan fingerprint density at radius 3 is 2.87 bits per heavy atom. The van der Waals surface area contributed by atoms with Crippen LogP contribution in [0.4, 0.5) is 5.69 Å². The number of carbonyl (C=O) groups is 1. The van der Waals surface area contributed by atoms with E-state index in [1.165, 1.54) is 16.2 Å². The summed E-state index contributed by atoms with van der Waals surface area (Å²) in [5, 5.41) is 9.15. The standard InChI is InChI=1S/C10H11N3OS/c1-6-3-9(15-7(6)2)10(14)13-8-4-11-12-5-8/h3-5H,1-2H3,(H,11,12)(H,13,14). The SMILES string of the molecule is Cc1cc(C(=O)Nc2cn[nH]c2)sc1C. The Hall–Kier alpha value is -1.62. The molecule has 4 nitrogen and oxygen atoms in total. The minimum Gasteiger partial charge on any atom is -0.319 e. The minimum atomic E-state index is -0.0856. The second-order valence-electron chi connectivity index (χ2n) is 3.29. The number of H-pyrrole nitrogens is 1. The third kappa shape index (κ3) is 2.07. The van der Waals surface area contributed by atoms with E-state index in [0.29, 0.717) is 5.69 Å². The summed E-state index contributed by atoms with van der Waals surface area (Å²) in [6.45, 7) is 4.01. The molecule has 0 spiro atoms. The molecular weight excluding hydrogens is 210 g/mol. The molecule has 0 saturated carbocycles. The quantitative estimate of drug-likeness (QED) is 0.817. The Morgan fingerprint density at radius 1 is 1.53 bits per heavy atom. The average molecular weight is 221 g/mol. The zero-order valence-electron chi connectivity index (χ0n) is 8.50. The van der Waals surface area contributed by atoms with Crippen LogP contribution in [0.25, 0.3) is 0 Å². The number of amides is 1. The third-order valence-corrected chi connectivity index (χ3v) is 3.30. The van der Waals surface area contributed by atoms with Crippen LogP contribution in [0.5, 0.6) is 0 Å². The number of hydrogen-bond acceptors (Lipinski definition) is 3. The monoisotopic (exact) mass is 221 g/mol. The number of carbonyl (C=O) groups excluding carboxylic acids is 1. The molecule has 78 valence electrons. The fourth-order valence-electron chi connectivity index (χ4n) is 1.20. The van der Waals surface area contributed by atoms with E-state index in [1.54, 1.807) is 12.4 Å². The number of nitrogens with one attached hydrogen (secondary N) is 2. The first kappa shape index (κ1) is 9.92. The van der Waals surface area contributed by atoms with Gasteiger partial charge in [-0.1, -0.05) is 0 Å². The molecule has 0 fully saturated rings. The van der Waals surface area contributed by atoms with Crippen molar-refractivity contribution in [3.63, 3.8) is 0 Å². The Morgan fingerprint density at radius 2 is 2.33 bits per heavy atom. The number of aromatic amines is 1. The van der Waals surface area contributed by atoms with Crippen molar-refractivity contribution < 1.29 is 4.79 Å². The highest BCUT2D eigenvalue weighted by atomic mass is 32.1. The molecule has 0 radical (unpaired) electrons. The summed E-state index contributed by atoms with van der Waals surface area (Å²) < 4.78 is 0. The highest BCUT2D eigenvalue weighted by Gasteiger charge is 2.10. The minimum absolute atomic E-state index is 0.0856. The molecule has 1 amide bonds. The summed E-state index contributed by atoms with van der Waals surface area (Å²) in [4.78, 5) is 13.6. The molecular formula is C10H11N3OS. The van der Waals surface area contributed by atoms with Crippen molar-refractivity contribution in [3.8, 4) is 0 Å². The van der Waals surface area contributed by atoms with Crippen LogP contribution in [0.2, 0.25) is 0 Å². The predicted octanol–water partition coefficient (Wildman–Crippen LogP) is 2.34. The van der Waals surface area contributed by atoms with Gasteiger partial charge in [0.2, 0.25) is 0 Å². The summed E-state index contributed by atoms with van der Waals surface area (Å²) >= 11 is 1.50. The molecule has 0 atom stereocenters. The maximum Gasteiger partial charge on any atom is 0.265 e. The van der Waals surface area contributed by atoms with Gasteiger partial charge in [0.1, 0.15) is 0 Å². The Balaban J connectivity index is 2.15. The highest BCUT2D eigenvalue weighted by molar-refractivity contribution is 7.14. The molecule has 2 heterocycles. The van der Waals surface area contributed by atoms with Gasteiger partial charge in [-0.15, -0.1) is 11.3 Å². The van der Waals surface area contributed by atoms with Gasteiger partial charge in [-0.05, 0) is 25.5 Å². The van der Waals surface area contributed by atoms with Crippen LogP contribution >= 0.6 is 11.3 Å². The third-order valence-electron chi connectivity index (χ3n) is 2.15. The molecule has 2 aromatic rings. The number of thiophene rings is 1. The van der Waals surface area contributed by atoms with E-state index in [2.05, 4.69) is 15.5 Å². The van der Waals surface area contributed by atoms with Crippen molar-refractivity contribution in [3.05, 3.63) is 33.8 Å². The van der Waals surface area contributed by atoms with Crippen molar-refractivity contribution in [2.45, 2.75) is 13.8 Å². The van der Waals surface area contributed by atoms with Gasteiger partial charge in [-0.25, -0.2) is 0 Å². The first-order valence-corrected chi connectivity index (χ1v) is 5.35. The van der Waals surface area contributed by atoms with Crippen molar-refractivity contribution in [1.82, 2.24) is 10.2 Å². The molecule has 0 bridgehead atoms. The van der Waals surface area contributed by atoms with Gasteiger partial charge in [-0.3, -0.25) is 9.89 Å². The van der Waals surface area contributed by atoms with Gasteiger partial charge < -0.3 is 5.32 Å². The lowest BCUT2D eigenvalue weighted by Crippen LogP contribution is -2.09. The number of hydrogen-bond donors (Lipinski definition) is 2. The predicted molar refractivity (Wildman–Crippen MR) is 60.3 cm³/mol. The summed E-state index contributed by atoms with van der Waals surface area (Å²) in [7, 11) is 0. The lowest BCUT2D eigenvalue weighted by atomic mass is 10.3. The molecule has 0 aliphatic rings. The fourth-order valence-corrected chi connectivity index (χ4v) is 2.13. The second-order valence-corrected chi connectivity index (χ2v) is 4.55. The number of aryl methyl sites for hydroxylation is 2. The molecule has 2 N–H and O–H groups in total. The fraction of sp³-hybridized carbons (Fsp3) is 0.200. The maximum atomic E-state index is 11.7. The maximum absolute atomic E-state index is 11.7. The van der Waals surface area contributed by atoms with Crippen LogP contribution in [0.1, 0.15) is 20.1 Å². The van der Waals surface area contributed by atoms with Crippen LogP contribution < -0.4 is 5.32 Å². The second kappa shape index (κ2) is 3.86. The van der Waals surface area contributed by atoms with Crippen molar-refractivity contribution in [1.29, 1.82) is 0 Å². The number of rotatable bonds is 2. The molecule has 15 heavy (non-hydrogen) atoms. The Kier molecular flexibility index (Phi) is 2.55. The molecule has 0 aliphatic heterocycles. The van der Waals surface area contributed by atoms with Crippen LogP contribution in [-0.2, 0) is 0 Å². The number of anilines is 1. The average Bonchev–Trinajstić information content (AvgIpc) is 2.78. The summed E-state index contributed by atoms with van der Waals surface area (Å²) in [5.41, 5.74) is 1.83. The highest BCUT2D eigenvalue weighted by Crippen LogP contribution is 2.21. The summed E-state index contributed by atoms with van der Waals surface area (Å²) in [6.07, 6.45) is 3.22. The Labute approximate surface area is 91.3 Å². The van der Waals surface area contributed by atoms with Gasteiger partial charge in [0.15, 0.2) is 0 Å². The summed E-state index contributed by atoms with van der Waals surface area (Å²) in [6, 6.07) is 1.90. The molecule has 0 saturated heterocycles. The van der Waals surface area contributed by atoms with Gasteiger partial charge in [0, 0.05) is 11.1 Å². The van der Waals surface area contributed by atoms with Gasteiger partial charge in [-0.2, -0.15) is 5.10 Å². The summed E-state index contributed by atoms with van der Waals surface area (Å²) in [5.74, 6) is -0.0856. The van der Waals surface area contributed by atoms with E-state index in [0.717, 1.165) is 10.4 Å². The van der Waals surface area contributed by atoms with E-state index >= 15 is 0 Å². The number of nitrogens with zero attached hydrogens (tertiary/aromatic N) is 1. The van der Waals surface area contributed by atoms with Crippen molar-refractivity contribution in [2.75, 3.05) is 5.32 Å². The molecule has 0 aliphatic carbocycles. The zero-order valence-corrected chi connectivity index (χ0v) is 9.31. The normalized spacial score (nSPS) is 10.3. The van der Waals surface area contributed by atoms with Crippen LogP contribution in [0.3, 0.4) is 0 Å². The molecule has 0 aromatic carbocycles. The first-order valence-electron chi connectivity index (χ1n) is 4.54. The van der Waals surface area contributed by atoms with Crippen LogP contribution in [-0.4, -0.2) is 16.1 Å². The van der Waals surface area contributed by atoms with E-state index in [9.17, 15) is 4.79 Å². The molecule has 2 rings (SSSR count). The molecule has 5 heteroatoms. The number of aromatic nitrogens is 2. The van der Waals surface area contributed by atoms with Crippen LogP contribution in [0, 0.1) is 13.8 Å².